The number of furan rings is 1. The SMILES string of the molecule is CCCNCc1cnc(-c2ccco2)[nH]1. The summed E-state index contributed by atoms with van der Waals surface area (Å²) in [5.74, 6) is 1.56. The minimum atomic E-state index is 0.775. The Hall–Kier alpha value is -1.55. The van der Waals surface area contributed by atoms with Gasteiger partial charge in [0.05, 0.1) is 12.5 Å². The highest BCUT2D eigenvalue weighted by Crippen LogP contribution is 2.15. The molecule has 0 aromatic carbocycles. The van der Waals surface area contributed by atoms with Crippen molar-refractivity contribution in [2.75, 3.05) is 6.54 Å². The highest BCUT2D eigenvalue weighted by atomic mass is 16.3. The molecule has 80 valence electrons. The average Bonchev–Trinajstić information content (AvgIpc) is 2.87. The molecule has 2 N–H and O–H groups in total. The van der Waals surface area contributed by atoms with E-state index in [9.17, 15) is 0 Å². The van der Waals surface area contributed by atoms with Gasteiger partial charge in [0.25, 0.3) is 0 Å². The van der Waals surface area contributed by atoms with Crippen LogP contribution in [-0.2, 0) is 6.54 Å². The third-order valence-corrected chi connectivity index (χ3v) is 2.13. The van der Waals surface area contributed by atoms with E-state index in [-0.39, 0.29) is 0 Å². The number of nitrogens with one attached hydrogen (secondary N) is 2. The molecule has 2 heterocycles. The Bertz CT molecular complexity index is 392. The smallest absolute Gasteiger partial charge is 0.173 e. The van der Waals surface area contributed by atoms with Crippen LogP contribution in [0.1, 0.15) is 19.0 Å². The van der Waals surface area contributed by atoms with Crippen LogP contribution in [0.25, 0.3) is 11.6 Å². The van der Waals surface area contributed by atoms with Gasteiger partial charge in [-0.2, -0.15) is 0 Å². The fourth-order valence-electron chi connectivity index (χ4n) is 1.39. The van der Waals surface area contributed by atoms with Gasteiger partial charge in [-0.25, -0.2) is 4.98 Å². The lowest BCUT2D eigenvalue weighted by Gasteiger charge is -1.98. The monoisotopic (exact) mass is 205 g/mol. The molecule has 0 amide bonds. The molecule has 4 heteroatoms. The molecule has 0 bridgehead atoms. The summed E-state index contributed by atoms with van der Waals surface area (Å²) in [7, 11) is 0. The van der Waals surface area contributed by atoms with Gasteiger partial charge < -0.3 is 14.7 Å². The standard InChI is InChI=1S/C11H15N3O/c1-2-5-12-7-9-8-13-11(14-9)10-4-3-6-15-10/h3-4,6,8,12H,2,5,7H2,1H3,(H,13,14). The summed E-state index contributed by atoms with van der Waals surface area (Å²) < 4.78 is 5.24. The van der Waals surface area contributed by atoms with Crippen LogP contribution in [0.3, 0.4) is 0 Å². The summed E-state index contributed by atoms with van der Waals surface area (Å²) in [6.07, 6.45) is 4.62. The first-order valence-corrected chi connectivity index (χ1v) is 5.18. The number of nitrogens with zero attached hydrogens (tertiary/aromatic N) is 1. The molecule has 0 aliphatic heterocycles. The Labute approximate surface area is 88.7 Å². The molecular formula is C11H15N3O. The molecule has 0 saturated carbocycles. The van der Waals surface area contributed by atoms with Crippen LogP contribution in [0.4, 0.5) is 0 Å². The summed E-state index contributed by atoms with van der Waals surface area (Å²) in [5.41, 5.74) is 1.08. The maximum absolute atomic E-state index is 5.24. The number of hydrogen-bond donors (Lipinski definition) is 2. The molecule has 0 aliphatic carbocycles. The van der Waals surface area contributed by atoms with E-state index in [4.69, 9.17) is 4.42 Å². The van der Waals surface area contributed by atoms with Gasteiger partial charge in [0.1, 0.15) is 0 Å². The van der Waals surface area contributed by atoms with E-state index in [0.717, 1.165) is 36.8 Å². The fourth-order valence-corrected chi connectivity index (χ4v) is 1.39. The van der Waals surface area contributed by atoms with Crippen LogP contribution in [0.15, 0.2) is 29.0 Å². The van der Waals surface area contributed by atoms with E-state index in [1.165, 1.54) is 0 Å². The summed E-state index contributed by atoms with van der Waals surface area (Å²) >= 11 is 0. The first-order valence-electron chi connectivity index (χ1n) is 5.18. The van der Waals surface area contributed by atoms with Gasteiger partial charge in [0.15, 0.2) is 11.6 Å². The molecule has 4 nitrogen and oxygen atoms in total. The van der Waals surface area contributed by atoms with Crippen molar-refractivity contribution in [1.82, 2.24) is 15.3 Å². The number of H-pyrrole nitrogens is 1. The van der Waals surface area contributed by atoms with Crippen LogP contribution >= 0.6 is 0 Å². The molecule has 0 atom stereocenters. The van der Waals surface area contributed by atoms with E-state index >= 15 is 0 Å². The predicted octanol–water partition coefficient (Wildman–Crippen LogP) is 2.17. The van der Waals surface area contributed by atoms with Gasteiger partial charge in [-0.1, -0.05) is 6.92 Å². The van der Waals surface area contributed by atoms with Crippen molar-refractivity contribution in [3.63, 3.8) is 0 Å². The molecule has 0 spiro atoms. The summed E-state index contributed by atoms with van der Waals surface area (Å²) in [6, 6.07) is 3.74. The van der Waals surface area contributed by atoms with Gasteiger partial charge in [0.2, 0.25) is 0 Å². The Morgan fingerprint density at radius 3 is 3.20 bits per heavy atom. The molecule has 2 aromatic rings. The second kappa shape index (κ2) is 4.79. The van der Waals surface area contributed by atoms with E-state index < -0.39 is 0 Å². The molecule has 2 rings (SSSR count). The van der Waals surface area contributed by atoms with Crippen molar-refractivity contribution >= 4 is 0 Å². The lowest BCUT2D eigenvalue weighted by Crippen LogP contribution is -2.13. The minimum Gasteiger partial charge on any atom is -0.461 e. The lowest BCUT2D eigenvalue weighted by molar-refractivity contribution is 0.577. The third-order valence-electron chi connectivity index (χ3n) is 2.13. The summed E-state index contributed by atoms with van der Waals surface area (Å²) in [6.45, 7) is 3.99. The van der Waals surface area contributed by atoms with Crippen molar-refractivity contribution in [3.8, 4) is 11.6 Å². The molecule has 0 radical (unpaired) electrons. The minimum absolute atomic E-state index is 0.775. The van der Waals surface area contributed by atoms with Crippen molar-refractivity contribution in [3.05, 3.63) is 30.3 Å². The van der Waals surface area contributed by atoms with E-state index in [0.29, 0.717) is 0 Å². The highest BCUT2D eigenvalue weighted by molar-refractivity contribution is 5.46. The number of aromatic nitrogens is 2. The molecule has 0 aliphatic rings. The van der Waals surface area contributed by atoms with Gasteiger partial charge in [-0.15, -0.1) is 0 Å². The second-order valence-electron chi connectivity index (χ2n) is 3.41. The molecule has 15 heavy (non-hydrogen) atoms. The molecule has 0 unspecified atom stereocenters. The van der Waals surface area contributed by atoms with Crippen molar-refractivity contribution in [2.45, 2.75) is 19.9 Å². The maximum atomic E-state index is 5.24. The van der Waals surface area contributed by atoms with Crippen LogP contribution in [0.2, 0.25) is 0 Å². The highest BCUT2D eigenvalue weighted by Gasteiger charge is 2.04. The van der Waals surface area contributed by atoms with Gasteiger partial charge in [-0.3, -0.25) is 0 Å². The van der Waals surface area contributed by atoms with E-state index in [2.05, 4.69) is 22.2 Å². The largest absolute Gasteiger partial charge is 0.461 e. The zero-order chi connectivity index (χ0) is 10.5. The molecular weight excluding hydrogens is 190 g/mol. The zero-order valence-corrected chi connectivity index (χ0v) is 8.79. The lowest BCUT2D eigenvalue weighted by atomic mass is 10.4. The first-order chi connectivity index (χ1) is 7.40. The maximum Gasteiger partial charge on any atom is 0.173 e. The summed E-state index contributed by atoms with van der Waals surface area (Å²) in [5, 5.41) is 3.31. The number of hydrogen-bond acceptors (Lipinski definition) is 3. The Balaban J connectivity index is 1.98. The molecule has 0 saturated heterocycles. The van der Waals surface area contributed by atoms with Crippen LogP contribution in [0, 0.1) is 0 Å². The zero-order valence-electron chi connectivity index (χ0n) is 8.79. The Kier molecular flexibility index (Phi) is 3.19. The van der Waals surface area contributed by atoms with Crippen molar-refractivity contribution in [2.24, 2.45) is 0 Å². The van der Waals surface area contributed by atoms with Crippen LogP contribution in [-0.4, -0.2) is 16.5 Å². The molecule has 2 aromatic heterocycles. The Morgan fingerprint density at radius 1 is 1.53 bits per heavy atom. The van der Waals surface area contributed by atoms with E-state index in [1.54, 1.807) is 6.26 Å². The normalized spacial score (nSPS) is 10.7. The number of rotatable bonds is 5. The Morgan fingerprint density at radius 2 is 2.47 bits per heavy atom. The van der Waals surface area contributed by atoms with Crippen molar-refractivity contribution < 1.29 is 4.42 Å². The second-order valence-corrected chi connectivity index (χ2v) is 3.41. The van der Waals surface area contributed by atoms with Crippen molar-refractivity contribution in [1.29, 1.82) is 0 Å². The van der Waals surface area contributed by atoms with E-state index in [1.807, 2.05) is 18.3 Å². The predicted molar refractivity (Wildman–Crippen MR) is 58.3 cm³/mol. The van der Waals surface area contributed by atoms with Crippen LogP contribution in [0.5, 0.6) is 0 Å². The third kappa shape index (κ3) is 2.47. The first kappa shape index (κ1) is 9.98. The molecule has 0 fully saturated rings. The average molecular weight is 205 g/mol. The quantitative estimate of drug-likeness (QED) is 0.735. The summed E-state index contributed by atoms with van der Waals surface area (Å²) in [4.78, 5) is 7.46. The van der Waals surface area contributed by atoms with Gasteiger partial charge in [0, 0.05) is 12.2 Å². The fraction of sp³-hybridized carbons (Fsp3) is 0.364. The van der Waals surface area contributed by atoms with Gasteiger partial charge in [-0.05, 0) is 25.1 Å². The topological polar surface area (TPSA) is 53.9 Å². The van der Waals surface area contributed by atoms with Crippen LogP contribution < -0.4 is 5.32 Å². The van der Waals surface area contributed by atoms with Gasteiger partial charge >= 0.3 is 0 Å². The number of imidazole rings is 1. The number of aromatic amines is 1.